The van der Waals surface area contributed by atoms with Gasteiger partial charge in [0, 0.05) is 0 Å². The normalized spacial score (nSPS) is 23.9. The average Bonchev–Trinajstić information content (AvgIpc) is 2.27. The van der Waals surface area contributed by atoms with Crippen LogP contribution in [0.2, 0.25) is 0 Å². The first kappa shape index (κ1) is 16.7. The smallest absolute Gasteiger partial charge is 0.400 e. The molecule has 1 fully saturated rings. The van der Waals surface area contributed by atoms with Crippen molar-refractivity contribution in [1.29, 1.82) is 0 Å². The Morgan fingerprint density at radius 2 is 1.32 bits per heavy atom. The zero-order valence-corrected chi connectivity index (χ0v) is 13.9. The molecule has 0 aromatic heterocycles. The molecule has 0 radical (unpaired) electrons. The Kier molecular flexibility index (Phi) is 4.06. The van der Waals surface area contributed by atoms with Gasteiger partial charge in [-0.15, -0.1) is 0 Å². The molecule has 0 bridgehead atoms. The molecule has 1 N–H and O–H groups in total. The van der Waals surface area contributed by atoms with Gasteiger partial charge in [-0.2, -0.15) is 0 Å². The van der Waals surface area contributed by atoms with Crippen LogP contribution in [0.3, 0.4) is 0 Å². The number of hydrogen-bond acceptors (Lipinski definition) is 3. The van der Waals surface area contributed by atoms with Gasteiger partial charge in [-0.05, 0) is 52.5 Å². The fraction of sp³-hybridized carbons (Fsp3) is 0.867. The minimum absolute atomic E-state index is 0.137. The number of aliphatic hydroxyl groups is 1. The van der Waals surface area contributed by atoms with E-state index in [0.717, 1.165) is 5.57 Å². The average molecular weight is 268 g/mol. The van der Waals surface area contributed by atoms with Gasteiger partial charge in [0.1, 0.15) is 0 Å². The van der Waals surface area contributed by atoms with E-state index in [4.69, 9.17) is 9.31 Å². The number of rotatable bonds is 2. The summed E-state index contributed by atoms with van der Waals surface area (Å²) in [4.78, 5) is 0. The van der Waals surface area contributed by atoms with Crippen LogP contribution in [-0.4, -0.2) is 29.0 Å². The third-order valence-electron chi connectivity index (χ3n) is 4.04. The first-order valence-electron chi connectivity index (χ1n) is 6.98. The topological polar surface area (TPSA) is 38.7 Å². The van der Waals surface area contributed by atoms with Crippen LogP contribution in [0.15, 0.2) is 11.5 Å². The summed E-state index contributed by atoms with van der Waals surface area (Å²) in [5.41, 5.74) is -0.796. The van der Waals surface area contributed by atoms with E-state index in [-0.39, 0.29) is 16.6 Å². The molecule has 19 heavy (non-hydrogen) atoms. The van der Waals surface area contributed by atoms with Crippen LogP contribution in [0.25, 0.3) is 0 Å². The van der Waals surface area contributed by atoms with Crippen molar-refractivity contribution in [3.63, 3.8) is 0 Å². The molecule has 1 saturated heterocycles. The lowest BCUT2D eigenvalue weighted by Crippen LogP contribution is -2.41. The summed E-state index contributed by atoms with van der Waals surface area (Å²) in [6.07, 6.45) is 0. The van der Waals surface area contributed by atoms with Gasteiger partial charge in [-0.3, -0.25) is 0 Å². The van der Waals surface area contributed by atoms with Gasteiger partial charge in [0.2, 0.25) is 0 Å². The Bertz CT molecular complexity index is 338. The molecule has 1 aliphatic rings. The van der Waals surface area contributed by atoms with Crippen LogP contribution in [0.4, 0.5) is 0 Å². The molecular weight excluding hydrogens is 239 g/mol. The highest BCUT2D eigenvalue weighted by molar-refractivity contribution is 6.51. The molecule has 0 saturated carbocycles. The summed E-state index contributed by atoms with van der Waals surface area (Å²) in [5, 5.41) is 10.4. The van der Waals surface area contributed by atoms with Crippen LogP contribution >= 0.6 is 0 Å². The van der Waals surface area contributed by atoms with Crippen LogP contribution in [-0.2, 0) is 9.31 Å². The molecule has 110 valence electrons. The van der Waals surface area contributed by atoms with Crippen LogP contribution < -0.4 is 0 Å². The second-order valence-corrected chi connectivity index (χ2v) is 8.01. The van der Waals surface area contributed by atoms with Crippen molar-refractivity contribution in [2.45, 2.75) is 79.1 Å². The largest absolute Gasteiger partial charge is 0.487 e. The maximum absolute atomic E-state index is 10.4. The van der Waals surface area contributed by atoms with E-state index in [2.05, 4.69) is 20.8 Å². The third kappa shape index (κ3) is 3.62. The number of hydrogen-bond donors (Lipinski definition) is 1. The highest BCUT2D eigenvalue weighted by atomic mass is 16.7. The van der Waals surface area contributed by atoms with Gasteiger partial charge >= 0.3 is 7.12 Å². The molecule has 4 heteroatoms. The van der Waals surface area contributed by atoms with Crippen molar-refractivity contribution in [3.8, 4) is 0 Å². The van der Waals surface area contributed by atoms with Gasteiger partial charge in [0.15, 0.2) is 0 Å². The molecule has 1 rings (SSSR count). The van der Waals surface area contributed by atoms with Gasteiger partial charge in [0.05, 0.1) is 16.8 Å². The maximum atomic E-state index is 10.4. The minimum Gasteiger partial charge on any atom is -0.400 e. The monoisotopic (exact) mass is 268 g/mol. The van der Waals surface area contributed by atoms with Crippen molar-refractivity contribution in [3.05, 3.63) is 11.5 Å². The Balaban J connectivity index is 3.08. The van der Waals surface area contributed by atoms with Crippen molar-refractivity contribution in [2.75, 3.05) is 0 Å². The first-order chi connectivity index (χ1) is 8.17. The summed E-state index contributed by atoms with van der Waals surface area (Å²) in [7, 11) is -0.411. The summed E-state index contributed by atoms with van der Waals surface area (Å²) < 4.78 is 12.0. The van der Waals surface area contributed by atoms with Gasteiger partial charge < -0.3 is 14.4 Å². The van der Waals surface area contributed by atoms with Crippen molar-refractivity contribution in [1.82, 2.24) is 0 Å². The second-order valence-electron chi connectivity index (χ2n) is 8.01. The maximum Gasteiger partial charge on any atom is 0.487 e. The lowest BCUT2D eigenvalue weighted by Gasteiger charge is -2.33. The summed E-state index contributed by atoms with van der Waals surface area (Å²) in [6.45, 7) is 18.0. The molecule has 0 aromatic carbocycles. The van der Waals surface area contributed by atoms with Gasteiger partial charge in [-0.1, -0.05) is 26.7 Å². The van der Waals surface area contributed by atoms with Crippen LogP contribution in [0.5, 0.6) is 0 Å². The van der Waals surface area contributed by atoms with E-state index in [1.807, 2.05) is 33.7 Å². The quantitative estimate of drug-likeness (QED) is 0.780. The summed E-state index contributed by atoms with van der Waals surface area (Å²) in [5.74, 6) is 1.93. The molecule has 1 aliphatic heterocycles. The molecule has 3 nitrogen and oxygen atoms in total. The minimum atomic E-state index is -0.887. The van der Waals surface area contributed by atoms with Gasteiger partial charge in [0.25, 0.3) is 0 Å². The van der Waals surface area contributed by atoms with E-state index < -0.39 is 12.7 Å². The molecule has 0 aromatic rings. The SMILES string of the molecule is CC(C)(C)/C(=C\B1OC(C)(C)C(C)(C)O1)C(C)(C)O. The fourth-order valence-corrected chi connectivity index (χ4v) is 2.46. The standard InChI is InChI=1S/C15H29BO3/c1-12(2,3)11(13(4,5)17)10-16-18-14(6,7)15(8,9)19-16/h10,17H,1-9H3/b11-10+. The predicted molar refractivity (Wildman–Crippen MR) is 79.9 cm³/mol. The molecule has 0 atom stereocenters. The summed E-state index contributed by atoms with van der Waals surface area (Å²) in [6, 6.07) is 0. The Morgan fingerprint density at radius 3 is 1.58 bits per heavy atom. The third-order valence-corrected chi connectivity index (χ3v) is 4.04. The zero-order valence-electron chi connectivity index (χ0n) is 13.9. The lowest BCUT2D eigenvalue weighted by atomic mass is 9.71. The Morgan fingerprint density at radius 1 is 0.947 bits per heavy atom. The van der Waals surface area contributed by atoms with E-state index in [0.29, 0.717) is 0 Å². The zero-order chi connectivity index (χ0) is 15.3. The summed E-state index contributed by atoms with van der Waals surface area (Å²) >= 11 is 0. The highest BCUT2D eigenvalue weighted by Gasteiger charge is 2.51. The molecule has 0 aliphatic carbocycles. The predicted octanol–water partition coefficient (Wildman–Crippen LogP) is 3.36. The second kappa shape index (κ2) is 4.61. The van der Waals surface area contributed by atoms with E-state index in [1.54, 1.807) is 13.8 Å². The molecule has 0 amide bonds. The lowest BCUT2D eigenvalue weighted by molar-refractivity contribution is 0.00578. The molecule has 0 unspecified atom stereocenters. The van der Waals surface area contributed by atoms with Gasteiger partial charge in [-0.25, -0.2) is 0 Å². The Labute approximate surface area is 118 Å². The van der Waals surface area contributed by atoms with Crippen molar-refractivity contribution >= 4 is 7.12 Å². The first-order valence-corrected chi connectivity index (χ1v) is 6.98. The molecular formula is C15H29BO3. The highest BCUT2D eigenvalue weighted by Crippen LogP contribution is 2.40. The van der Waals surface area contributed by atoms with Crippen LogP contribution in [0, 0.1) is 5.41 Å². The van der Waals surface area contributed by atoms with Crippen LogP contribution in [0.1, 0.15) is 62.3 Å². The molecule has 1 heterocycles. The van der Waals surface area contributed by atoms with E-state index in [9.17, 15) is 5.11 Å². The molecule has 0 spiro atoms. The van der Waals surface area contributed by atoms with Crippen molar-refractivity contribution in [2.24, 2.45) is 5.41 Å². The van der Waals surface area contributed by atoms with E-state index in [1.165, 1.54) is 0 Å². The van der Waals surface area contributed by atoms with E-state index >= 15 is 0 Å². The fourth-order valence-electron chi connectivity index (χ4n) is 2.46. The van der Waals surface area contributed by atoms with Crippen molar-refractivity contribution < 1.29 is 14.4 Å². The Hall–Kier alpha value is -0.315.